The lowest BCUT2D eigenvalue weighted by atomic mass is 10.1. The van der Waals surface area contributed by atoms with Crippen molar-refractivity contribution in [2.75, 3.05) is 12.3 Å². The molecule has 1 heterocycles. The SMILES string of the molecule is C#CCNC(=O)CSc1ncc(-c2ccc(C)cc2)n1-c1ccccc1. The number of hydrogen-bond acceptors (Lipinski definition) is 3. The van der Waals surface area contributed by atoms with E-state index in [0.29, 0.717) is 0 Å². The van der Waals surface area contributed by atoms with E-state index in [0.717, 1.165) is 22.1 Å². The van der Waals surface area contributed by atoms with Gasteiger partial charge in [-0.15, -0.1) is 6.42 Å². The molecule has 0 aliphatic rings. The first-order valence-electron chi connectivity index (χ1n) is 8.22. The normalized spacial score (nSPS) is 10.3. The Bertz CT molecular complexity index is 924. The third kappa shape index (κ3) is 4.16. The van der Waals surface area contributed by atoms with E-state index >= 15 is 0 Å². The van der Waals surface area contributed by atoms with Crippen molar-refractivity contribution in [3.8, 4) is 29.3 Å². The van der Waals surface area contributed by atoms with Crippen LogP contribution in [-0.2, 0) is 4.79 Å². The molecule has 1 aromatic heterocycles. The number of aryl methyl sites for hydroxylation is 1. The topological polar surface area (TPSA) is 46.9 Å². The Morgan fingerprint density at radius 1 is 1.19 bits per heavy atom. The maximum Gasteiger partial charge on any atom is 0.231 e. The zero-order valence-corrected chi connectivity index (χ0v) is 15.3. The summed E-state index contributed by atoms with van der Waals surface area (Å²) in [6, 6.07) is 18.3. The van der Waals surface area contributed by atoms with E-state index in [1.807, 2.05) is 36.5 Å². The number of hydrogen-bond donors (Lipinski definition) is 1. The molecule has 0 unspecified atom stereocenters. The number of nitrogens with zero attached hydrogens (tertiary/aromatic N) is 2. The minimum Gasteiger partial charge on any atom is -0.344 e. The molecule has 0 saturated carbocycles. The fraction of sp³-hybridized carbons (Fsp3) is 0.143. The Labute approximate surface area is 157 Å². The summed E-state index contributed by atoms with van der Waals surface area (Å²) >= 11 is 1.39. The lowest BCUT2D eigenvalue weighted by Gasteiger charge is -2.12. The van der Waals surface area contributed by atoms with E-state index in [4.69, 9.17) is 6.42 Å². The molecule has 3 rings (SSSR count). The maximum absolute atomic E-state index is 11.9. The van der Waals surface area contributed by atoms with Crippen molar-refractivity contribution in [3.05, 3.63) is 66.4 Å². The molecule has 0 atom stereocenters. The van der Waals surface area contributed by atoms with Gasteiger partial charge in [-0.1, -0.05) is 65.7 Å². The van der Waals surface area contributed by atoms with Gasteiger partial charge in [0.15, 0.2) is 5.16 Å². The Morgan fingerprint density at radius 2 is 1.92 bits per heavy atom. The summed E-state index contributed by atoms with van der Waals surface area (Å²) in [6.45, 7) is 2.30. The summed E-state index contributed by atoms with van der Waals surface area (Å²) in [5, 5.41) is 3.44. The van der Waals surface area contributed by atoms with Gasteiger partial charge < -0.3 is 5.32 Å². The zero-order valence-electron chi connectivity index (χ0n) is 14.5. The van der Waals surface area contributed by atoms with Crippen LogP contribution in [0.25, 0.3) is 16.9 Å². The number of nitrogens with one attached hydrogen (secondary N) is 1. The van der Waals surface area contributed by atoms with E-state index < -0.39 is 0 Å². The van der Waals surface area contributed by atoms with Gasteiger partial charge in [-0.2, -0.15) is 0 Å². The summed E-state index contributed by atoms with van der Waals surface area (Å²) in [5.41, 5.74) is 4.28. The van der Waals surface area contributed by atoms with E-state index in [1.54, 1.807) is 0 Å². The average Bonchev–Trinajstić information content (AvgIpc) is 3.10. The molecule has 0 aliphatic carbocycles. The Kier molecular flexibility index (Phi) is 5.77. The van der Waals surface area contributed by atoms with Crippen LogP contribution in [0.4, 0.5) is 0 Å². The number of aromatic nitrogens is 2. The van der Waals surface area contributed by atoms with E-state index in [-0.39, 0.29) is 18.2 Å². The third-order valence-corrected chi connectivity index (χ3v) is 4.76. The molecule has 0 spiro atoms. The van der Waals surface area contributed by atoms with Crippen molar-refractivity contribution in [1.29, 1.82) is 0 Å². The first-order chi connectivity index (χ1) is 12.7. The van der Waals surface area contributed by atoms with Gasteiger partial charge in [0.2, 0.25) is 5.91 Å². The Balaban J connectivity index is 1.94. The summed E-state index contributed by atoms with van der Waals surface area (Å²) in [6.07, 6.45) is 7.02. The minimum atomic E-state index is -0.104. The number of imidazole rings is 1. The molecular weight excluding hydrogens is 342 g/mol. The molecule has 1 N–H and O–H groups in total. The van der Waals surface area contributed by atoms with Gasteiger partial charge in [-0.3, -0.25) is 9.36 Å². The molecular formula is C21H19N3OS. The highest BCUT2D eigenvalue weighted by atomic mass is 32.2. The first-order valence-corrected chi connectivity index (χ1v) is 9.21. The number of amides is 1. The van der Waals surface area contributed by atoms with Gasteiger partial charge >= 0.3 is 0 Å². The third-order valence-electron chi connectivity index (χ3n) is 3.81. The number of benzene rings is 2. The smallest absolute Gasteiger partial charge is 0.231 e. The van der Waals surface area contributed by atoms with Gasteiger partial charge in [0.05, 0.1) is 24.2 Å². The molecule has 0 fully saturated rings. The fourth-order valence-electron chi connectivity index (χ4n) is 2.52. The number of thioether (sulfide) groups is 1. The number of para-hydroxylation sites is 1. The highest BCUT2D eigenvalue weighted by Gasteiger charge is 2.15. The van der Waals surface area contributed by atoms with Crippen LogP contribution in [0.3, 0.4) is 0 Å². The second-order valence-corrected chi connectivity index (χ2v) is 6.68. The van der Waals surface area contributed by atoms with Crippen LogP contribution in [0.15, 0.2) is 66.0 Å². The highest BCUT2D eigenvalue weighted by molar-refractivity contribution is 7.99. The van der Waals surface area contributed by atoms with Crippen LogP contribution in [0.2, 0.25) is 0 Å². The fourth-order valence-corrected chi connectivity index (χ4v) is 3.34. The predicted octanol–water partition coefficient (Wildman–Crippen LogP) is 3.69. The maximum atomic E-state index is 11.9. The van der Waals surface area contributed by atoms with Gasteiger partial charge in [0, 0.05) is 11.3 Å². The number of terminal acetylenes is 1. The lowest BCUT2D eigenvalue weighted by Crippen LogP contribution is -2.25. The molecule has 3 aromatic rings. The number of carbonyl (C=O) groups excluding carboxylic acids is 1. The molecule has 0 radical (unpaired) electrons. The Hall–Kier alpha value is -2.97. The molecule has 4 nitrogen and oxygen atoms in total. The Morgan fingerprint density at radius 3 is 2.62 bits per heavy atom. The largest absolute Gasteiger partial charge is 0.344 e. The van der Waals surface area contributed by atoms with Crippen molar-refractivity contribution < 1.29 is 4.79 Å². The molecule has 26 heavy (non-hydrogen) atoms. The van der Waals surface area contributed by atoms with Crippen LogP contribution < -0.4 is 5.32 Å². The molecule has 0 saturated heterocycles. The van der Waals surface area contributed by atoms with Gasteiger partial charge in [-0.25, -0.2) is 4.98 Å². The summed E-state index contributed by atoms with van der Waals surface area (Å²) in [7, 11) is 0. The van der Waals surface area contributed by atoms with Crippen LogP contribution in [0.5, 0.6) is 0 Å². The van der Waals surface area contributed by atoms with Crippen LogP contribution in [0.1, 0.15) is 5.56 Å². The lowest BCUT2D eigenvalue weighted by molar-refractivity contribution is -0.118. The van der Waals surface area contributed by atoms with Gasteiger partial charge in [-0.05, 0) is 19.1 Å². The molecule has 1 amide bonds. The minimum absolute atomic E-state index is 0.104. The summed E-state index contributed by atoms with van der Waals surface area (Å²) in [4.78, 5) is 16.4. The molecule has 130 valence electrons. The van der Waals surface area contributed by atoms with E-state index in [9.17, 15) is 4.79 Å². The van der Waals surface area contributed by atoms with E-state index in [2.05, 4.69) is 52.0 Å². The van der Waals surface area contributed by atoms with Crippen molar-refractivity contribution in [3.63, 3.8) is 0 Å². The molecule has 0 bridgehead atoms. The molecule has 0 aliphatic heterocycles. The summed E-state index contributed by atoms with van der Waals surface area (Å²) < 4.78 is 2.07. The second kappa shape index (κ2) is 8.41. The van der Waals surface area contributed by atoms with Crippen molar-refractivity contribution in [1.82, 2.24) is 14.9 Å². The van der Waals surface area contributed by atoms with Crippen molar-refractivity contribution in [2.45, 2.75) is 12.1 Å². The molecule has 5 heteroatoms. The van der Waals surface area contributed by atoms with Gasteiger partial charge in [0.25, 0.3) is 0 Å². The number of rotatable bonds is 6. The van der Waals surface area contributed by atoms with Crippen molar-refractivity contribution >= 4 is 17.7 Å². The van der Waals surface area contributed by atoms with Crippen molar-refractivity contribution in [2.24, 2.45) is 0 Å². The second-order valence-electron chi connectivity index (χ2n) is 5.73. The monoisotopic (exact) mass is 361 g/mol. The standard InChI is InChI=1S/C21H19N3OS/c1-3-13-22-20(25)15-26-21-23-14-19(17-11-9-16(2)10-12-17)24(21)18-7-5-4-6-8-18/h1,4-12,14H,13,15H2,2H3,(H,22,25). The number of carbonyl (C=O) groups is 1. The van der Waals surface area contributed by atoms with E-state index in [1.165, 1.54) is 17.3 Å². The predicted molar refractivity (Wildman–Crippen MR) is 106 cm³/mol. The van der Waals surface area contributed by atoms with Crippen LogP contribution in [0, 0.1) is 19.3 Å². The van der Waals surface area contributed by atoms with Crippen LogP contribution in [-0.4, -0.2) is 27.8 Å². The molecule has 2 aromatic carbocycles. The van der Waals surface area contributed by atoms with Crippen LogP contribution >= 0.6 is 11.8 Å². The van der Waals surface area contributed by atoms with Gasteiger partial charge in [0.1, 0.15) is 0 Å². The quantitative estimate of drug-likeness (QED) is 0.538. The zero-order chi connectivity index (χ0) is 18.4. The average molecular weight is 361 g/mol. The highest BCUT2D eigenvalue weighted by Crippen LogP contribution is 2.29. The first kappa shape index (κ1) is 17.8. The summed E-state index contributed by atoms with van der Waals surface area (Å²) in [5.74, 6) is 2.56.